The quantitative estimate of drug-likeness (QED) is 0.837. The van der Waals surface area contributed by atoms with Gasteiger partial charge in [0.15, 0.2) is 0 Å². The summed E-state index contributed by atoms with van der Waals surface area (Å²) in [6, 6.07) is 4.43. The monoisotopic (exact) mass is 306 g/mol. The third-order valence-corrected chi connectivity index (χ3v) is 2.92. The third kappa shape index (κ3) is 5.91. The van der Waals surface area contributed by atoms with Gasteiger partial charge in [-0.1, -0.05) is 11.6 Å². The highest BCUT2D eigenvalue weighted by atomic mass is 35.5. The number of rotatable bonds is 6. The smallest absolute Gasteiger partial charge is 0.250 e. The molecule has 1 rings (SSSR count). The predicted molar refractivity (Wildman–Crippen MR) is 75.0 cm³/mol. The summed E-state index contributed by atoms with van der Waals surface area (Å²) in [4.78, 5) is 11.5. The van der Waals surface area contributed by atoms with Gasteiger partial charge in [0.05, 0.1) is 22.7 Å². The minimum atomic E-state index is -3.38. The van der Waals surface area contributed by atoms with Gasteiger partial charge in [0.2, 0.25) is 15.9 Å². The number of sulfonamides is 1. The summed E-state index contributed by atoms with van der Waals surface area (Å²) in [5, 5.41) is 2.85. The molecule has 0 saturated heterocycles. The van der Waals surface area contributed by atoms with Crippen molar-refractivity contribution < 1.29 is 17.9 Å². The summed E-state index contributed by atoms with van der Waals surface area (Å²) in [6.45, 7) is 2.12. The topological polar surface area (TPSA) is 84.5 Å². The second kappa shape index (κ2) is 6.74. The summed E-state index contributed by atoms with van der Waals surface area (Å²) in [5.41, 5.74) is 0.638. The molecule has 0 heterocycles. The van der Waals surface area contributed by atoms with Crippen LogP contribution in [-0.4, -0.2) is 33.8 Å². The SMILES string of the molecule is CCOCC(=O)Nc1cc(NS(C)(=O)=O)ccc1Cl. The molecule has 0 saturated carbocycles. The molecule has 0 aliphatic carbocycles. The van der Waals surface area contributed by atoms with E-state index in [-0.39, 0.29) is 12.5 Å². The minimum Gasteiger partial charge on any atom is -0.372 e. The summed E-state index contributed by atoms with van der Waals surface area (Å²) < 4.78 is 29.5. The fraction of sp³-hybridized carbons (Fsp3) is 0.364. The van der Waals surface area contributed by atoms with Crippen molar-refractivity contribution in [3.63, 3.8) is 0 Å². The number of amides is 1. The second-order valence-corrected chi connectivity index (χ2v) is 5.91. The molecule has 6 nitrogen and oxygen atoms in total. The molecule has 0 radical (unpaired) electrons. The van der Waals surface area contributed by atoms with E-state index >= 15 is 0 Å². The first-order chi connectivity index (χ1) is 8.81. The number of halogens is 1. The number of ether oxygens (including phenoxy) is 1. The molecule has 8 heteroatoms. The van der Waals surface area contributed by atoms with Gasteiger partial charge in [0.1, 0.15) is 6.61 Å². The number of carbonyl (C=O) groups excluding carboxylic acids is 1. The summed E-state index contributed by atoms with van der Waals surface area (Å²) in [5.74, 6) is -0.361. The predicted octanol–water partition coefficient (Wildman–Crippen LogP) is 1.69. The Morgan fingerprint density at radius 2 is 2.11 bits per heavy atom. The van der Waals surface area contributed by atoms with Crippen molar-refractivity contribution >= 4 is 38.9 Å². The number of carbonyl (C=O) groups is 1. The van der Waals surface area contributed by atoms with Crippen molar-refractivity contribution in [3.05, 3.63) is 23.2 Å². The van der Waals surface area contributed by atoms with Crippen LogP contribution in [0, 0.1) is 0 Å². The molecule has 0 bridgehead atoms. The van der Waals surface area contributed by atoms with E-state index in [1.165, 1.54) is 18.2 Å². The highest BCUT2D eigenvalue weighted by Gasteiger charge is 2.09. The molecule has 0 fully saturated rings. The normalized spacial score (nSPS) is 11.1. The Bertz CT molecular complexity index is 560. The van der Waals surface area contributed by atoms with E-state index in [4.69, 9.17) is 16.3 Å². The molecule has 0 aromatic heterocycles. The van der Waals surface area contributed by atoms with Gasteiger partial charge in [-0.05, 0) is 25.1 Å². The Labute approximate surface area is 117 Å². The molecule has 106 valence electrons. The van der Waals surface area contributed by atoms with E-state index in [9.17, 15) is 13.2 Å². The van der Waals surface area contributed by atoms with Gasteiger partial charge in [0.25, 0.3) is 0 Å². The number of hydrogen-bond acceptors (Lipinski definition) is 4. The summed E-state index contributed by atoms with van der Waals surface area (Å²) in [7, 11) is -3.38. The fourth-order valence-electron chi connectivity index (χ4n) is 1.28. The molecule has 0 spiro atoms. The lowest BCUT2D eigenvalue weighted by molar-refractivity contribution is -0.120. The van der Waals surface area contributed by atoms with Crippen LogP contribution in [0.2, 0.25) is 5.02 Å². The molecule has 1 aromatic carbocycles. The Hall–Kier alpha value is -1.31. The molecule has 0 aliphatic rings. The van der Waals surface area contributed by atoms with Crippen molar-refractivity contribution in [1.29, 1.82) is 0 Å². The van der Waals surface area contributed by atoms with Crippen LogP contribution in [0.1, 0.15) is 6.92 Å². The Morgan fingerprint density at radius 1 is 1.42 bits per heavy atom. The number of anilines is 2. The number of nitrogens with one attached hydrogen (secondary N) is 2. The number of benzene rings is 1. The standard InChI is InChI=1S/C11H15ClN2O4S/c1-3-18-7-11(15)13-10-6-8(4-5-9(10)12)14-19(2,16)17/h4-6,14H,3,7H2,1-2H3,(H,13,15). The van der Waals surface area contributed by atoms with Gasteiger partial charge in [-0.3, -0.25) is 9.52 Å². The van der Waals surface area contributed by atoms with Gasteiger partial charge in [-0.15, -0.1) is 0 Å². The first kappa shape index (κ1) is 15.7. The lowest BCUT2D eigenvalue weighted by Crippen LogP contribution is -2.18. The van der Waals surface area contributed by atoms with Crippen LogP contribution in [0.3, 0.4) is 0 Å². The molecule has 1 amide bonds. The van der Waals surface area contributed by atoms with E-state index in [0.29, 0.717) is 23.0 Å². The van der Waals surface area contributed by atoms with Gasteiger partial charge < -0.3 is 10.1 Å². The highest BCUT2D eigenvalue weighted by Crippen LogP contribution is 2.25. The largest absolute Gasteiger partial charge is 0.372 e. The van der Waals surface area contributed by atoms with Crippen LogP contribution in [0.15, 0.2) is 18.2 Å². The zero-order valence-corrected chi connectivity index (χ0v) is 12.1. The van der Waals surface area contributed by atoms with Crippen LogP contribution in [0.5, 0.6) is 0 Å². The minimum absolute atomic E-state index is 0.0867. The zero-order chi connectivity index (χ0) is 14.5. The molecule has 1 aromatic rings. The Balaban J connectivity index is 2.83. The highest BCUT2D eigenvalue weighted by molar-refractivity contribution is 7.92. The fourth-order valence-corrected chi connectivity index (χ4v) is 2.00. The maximum Gasteiger partial charge on any atom is 0.250 e. The van der Waals surface area contributed by atoms with E-state index in [1.807, 2.05) is 0 Å². The third-order valence-electron chi connectivity index (χ3n) is 1.98. The van der Waals surface area contributed by atoms with Crippen molar-refractivity contribution in [3.8, 4) is 0 Å². The second-order valence-electron chi connectivity index (χ2n) is 3.75. The van der Waals surface area contributed by atoms with E-state index in [1.54, 1.807) is 6.92 Å². The van der Waals surface area contributed by atoms with Gasteiger partial charge >= 0.3 is 0 Å². The number of hydrogen-bond donors (Lipinski definition) is 2. The first-order valence-corrected chi connectivity index (χ1v) is 7.73. The summed E-state index contributed by atoms with van der Waals surface area (Å²) in [6.07, 6.45) is 1.04. The van der Waals surface area contributed by atoms with E-state index in [2.05, 4.69) is 10.0 Å². The van der Waals surface area contributed by atoms with Crippen LogP contribution in [0.25, 0.3) is 0 Å². The first-order valence-electron chi connectivity index (χ1n) is 5.46. The molecule has 0 atom stereocenters. The average Bonchev–Trinajstić information content (AvgIpc) is 2.29. The van der Waals surface area contributed by atoms with Crippen molar-refractivity contribution in [2.24, 2.45) is 0 Å². The Kier molecular flexibility index (Phi) is 5.59. The molecule has 19 heavy (non-hydrogen) atoms. The molecule has 0 unspecified atom stereocenters. The zero-order valence-electron chi connectivity index (χ0n) is 10.6. The average molecular weight is 307 g/mol. The summed E-state index contributed by atoms with van der Waals surface area (Å²) >= 11 is 5.91. The van der Waals surface area contributed by atoms with Crippen LogP contribution in [0.4, 0.5) is 11.4 Å². The van der Waals surface area contributed by atoms with E-state index < -0.39 is 10.0 Å². The Morgan fingerprint density at radius 3 is 2.68 bits per heavy atom. The molecule has 0 aliphatic heterocycles. The molecule has 2 N–H and O–H groups in total. The lowest BCUT2D eigenvalue weighted by atomic mass is 10.3. The maximum atomic E-state index is 11.5. The van der Waals surface area contributed by atoms with Crippen LogP contribution in [-0.2, 0) is 19.6 Å². The van der Waals surface area contributed by atoms with Crippen LogP contribution < -0.4 is 10.0 Å². The lowest BCUT2D eigenvalue weighted by Gasteiger charge is -2.10. The van der Waals surface area contributed by atoms with Crippen molar-refractivity contribution in [2.75, 3.05) is 29.5 Å². The molecular formula is C11H15ClN2O4S. The van der Waals surface area contributed by atoms with Crippen molar-refractivity contribution in [2.45, 2.75) is 6.92 Å². The van der Waals surface area contributed by atoms with Crippen LogP contribution >= 0.6 is 11.6 Å². The van der Waals surface area contributed by atoms with Gasteiger partial charge in [-0.2, -0.15) is 0 Å². The molecular weight excluding hydrogens is 292 g/mol. The van der Waals surface area contributed by atoms with E-state index in [0.717, 1.165) is 6.26 Å². The van der Waals surface area contributed by atoms with Gasteiger partial charge in [-0.25, -0.2) is 8.42 Å². The maximum absolute atomic E-state index is 11.5. The van der Waals surface area contributed by atoms with Gasteiger partial charge in [0, 0.05) is 6.61 Å². The van der Waals surface area contributed by atoms with Crippen molar-refractivity contribution in [1.82, 2.24) is 0 Å².